The molecule has 2 aromatic rings. The Hall–Kier alpha value is -1.97. The van der Waals surface area contributed by atoms with E-state index >= 15 is 0 Å². The van der Waals surface area contributed by atoms with Gasteiger partial charge in [-0.25, -0.2) is 9.97 Å². The van der Waals surface area contributed by atoms with E-state index in [4.69, 9.17) is 0 Å². The van der Waals surface area contributed by atoms with E-state index < -0.39 is 0 Å². The van der Waals surface area contributed by atoms with Crippen LogP contribution in [0.2, 0.25) is 0 Å². The van der Waals surface area contributed by atoms with Gasteiger partial charge in [0.2, 0.25) is 0 Å². The molecule has 0 fully saturated rings. The predicted molar refractivity (Wildman–Crippen MR) is 68.1 cm³/mol. The Labute approximate surface area is 101 Å². The number of hydrogen-bond donors (Lipinski definition) is 1. The van der Waals surface area contributed by atoms with Crippen molar-refractivity contribution in [3.63, 3.8) is 0 Å². The van der Waals surface area contributed by atoms with Crippen LogP contribution in [0.3, 0.4) is 0 Å². The van der Waals surface area contributed by atoms with E-state index in [-0.39, 0.29) is 0 Å². The molecule has 2 rings (SSSR count). The first-order valence-electron chi connectivity index (χ1n) is 5.62. The van der Waals surface area contributed by atoms with Crippen molar-refractivity contribution in [2.24, 2.45) is 0 Å². The molecule has 4 heteroatoms. The van der Waals surface area contributed by atoms with Gasteiger partial charge in [-0.05, 0) is 26.0 Å². The summed E-state index contributed by atoms with van der Waals surface area (Å²) in [4.78, 5) is 13.3. The zero-order chi connectivity index (χ0) is 12.3. The molecule has 0 aliphatic heterocycles. The standard InChI is InChI=1S/C13H16N4/c1-9-10(2)16-12(17-13(9)14-3)8-11-6-4-5-7-15-11/h4-7H,8H2,1-3H3,(H,14,16,17). The van der Waals surface area contributed by atoms with Crippen molar-refractivity contribution in [1.82, 2.24) is 15.0 Å². The number of pyridine rings is 1. The highest BCUT2D eigenvalue weighted by Crippen LogP contribution is 2.15. The van der Waals surface area contributed by atoms with Gasteiger partial charge in [0.05, 0.1) is 6.42 Å². The van der Waals surface area contributed by atoms with Gasteiger partial charge in [-0.3, -0.25) is 4.98 Å². The Balaban J connectivity index is 2.31. The number of aromatic nitrogens is 3. The maximum atomic E-state index is 4.49. The van der Waals surface area contributed by atoms with E-state index in [0.717, 1.165) is 28.6 Å². The Morgan fingerprint density at radius 3 is 2.65 bits per heavy atom. The van der Waals surface area contributed by atoms with Crippen molar-refractivity contribution in [2.45, 2.75) is 20.3 Å². The minimum atomic E-state index is 0.663. The number of nitrogens with zero attached hydrogens (tertiary/aromatic N) is 3. The summed E-state index contributed by atoms with van der Waals surface area (Å²) >= 11 is 0. The molecule has 2 heterocycles. The lowest BCUT2D eigenvalue weighted by Crippen LogP contribution is -2.06. The molecule has 0 radical (unpaired) electrons. The number of aryl methyl sites for hydroxylation is 1. The molecule has 1 N–H and O–H groups in total. The molecule has 0 aliphatic carbocycles. The Morgan fingerprint density at radius 2 is 2.00 bits per heavy atom. The van der Waals surface area contributed by atoms with Gasteiger partial charge in [0.15, 0.2) is 0 Å². The lowest BCUT2D eigenvalue weighted by atomic mass is 10.2. The van der Waals surface area contributed by atoms with Gasteiger partial charge >= 0.3 is 0 Å². The van der Waals surface area contributed by atoms with E-state index in [1.165, 1.54) is 0 Å². The van der Waals surface area contributed by atoms with E-state index in [9.17, 15) is 0 Å². The van der Waals surface area contributed by atoms with Crippen molar-refractivity contribution in [2.75, 3.05) is 12.4 Å². The summed E-state index contributed by atoms with van der Waals surface area (Å²) in [5.41, 5.74) is 3.09. The number of rotatable bonds is 3. The van der Waals surface area contributed by atoms with Crippen LogP contribution in [0.4, 0.5) is 5.82 Å². The summed E-state index contributed by atoms with van der Waals surface area (Å²) in [6.45, 7) is 4.02. The summed E-state index contributed by atoms with van der Waals surface area (Å²) in [6.07, 6.45) is 2.45. The third-order valence-corrected chi connectivity index (χ3v) is 2.74. The monoisotopic (exact) mass is 228 g/mol. The summed E-state index contributed by atoms with van der Waals surface area (Å²) in [6, 6.07) is 5.86. The Morgan fingerprint density at radius 1 is 1.18 bits per heavy atom. The minimum absolute atomic E-state index is 0.663. The SMILES string of the molecule is CNc1nc(Cc2ccccn2)nc(C)c1C. The summed E-state index contributed by atoms with van der Waals surface area (Å²) < 4.78 is 0. The molecule has 2 aromatic heterocycles. The second-order valence-electron chi connectivity index (χ2n) is 3.95. The third-order valence-electron chi connectivity index (χ3n) is 2.74. The molecule has 17 heavy (non-hydrogen) atoms. The van der Waals surface area contributed by atoms with Crippen LogP contribution in [0.1, 0.15) is 22.8 Å². The second kappa shape index (κ2) is 4.91. The molecule has 0 spiro atoms. The normalized spacial score (nSPS) is 10.3. The molecule has 4 nitrogen and oxygen atoms in total. The highest BCUT2D eigenvalue weighted by atomic mass is 15.0. The zero-order valence-corrected chi connectivity index (χ0v) is 10.4. The Bertz CT molecular complexity index is 508. The maximum absolute atomic E-state index is 4.49. The van der Waals surface area contributed by atoms with Gasteiger partial charge in [-0.15, -0.1) is 0 Å². The second-order valence-corrected chi connectivity index (χ2v) is 3.95. The van der Waals surface area contributed by atoms with Crippen molar-refractivity contribution >= 4 is 5.82 Å². The molecule has 88 valence electrons. The third kappa shape index (κ3) is 2.58. The van der Waals surface area contributed by atoms with Gasteiger partial charge < -0.3 is 5.32 Å². The summed E-state index contributed by atoms with van der Waals surface area (Å²) in [5, 5.41) is 3.09. The Kier molecular flexibility index (Phi) is 3.32. The minimum Gasteiger partial charge on any atom is -0.373 e. The highest BCUT2D eigenvalue weighted by Gasteiger charge is 2.07. The summed E-state index contributed by atoms with van der Waals surface area (Å²) in [7, 11) is 1.87. The van der Waals surface area contributed by atoms with Gasteiger partial charge in [-0.1, -0.05) is 6.07 Å². The molecular formula is C13H16N4. The van der Waals surface area contributed by atoms with Gasteiger partial charge in [-0.2, -0.15) is 0 Å². The lowest BCUT2D eigenvalue weighted by molar-refractivity contribution is 0.907. The van der Waals surface area contributed by atoms with Crippen molar-refractivity contribution in [3.8, 4) is 0 Å². The fourth-order valence-corrected chi connectivity index (χ4v) is 1.67. The predicted octanol–water partition coefficient (Wildman–Crippen LogP) is 2.12. The van der Waals surface area contributed by atoms with E-state index in [2.05, 4.69) is 20.3 Å². The maximum Gasteiger partial charge on any atom is 0.136 e. The molecule has 0 unspecified atom stereocenters. The molecule has 0 aromatic carbocycles. The summed E-state index contributed by atoms with van der Waals surface area (Å²) in [5.74, 6) is 1.69. The number of nitrogens with one attached hydrogen (secondary N) is 1. The van der Waals surface area contributed by atoms with Crippen molar-refractivity contribution < 1.29 is 0 Å². The topological polar surface area (TPSA) is 50.7 Å². The van der Waals surface area contributed by atoms with E-state index in [0.29, 0.717) is 6.42 Å². The average molecular weight is 228 g/mol. The molecule has 0 atom stereocenters. The van der Waals surface area contributed by atoms with Gasteiger partial charge in [0, 0.05) is 30.2 Å². The van der Waals surface area contributed by atoms with Crippen molar-refractivity contribution in [3.05, 3.63) is 47.2 Å². The first-order chi connectivity index (χ1) is 8.20. The van der Waals surface area contributed by atoms with Crippen LogP contribution in [0, 0.1) is 13.8 Å². The number of hydrogen-bond acceptors (Lipinski definition) is 4. The molecule has 0 amide bonds. The van der Waals surface area contributed by atoms with E-state index in [1.807, 2.05) is 39.1 Å². The quantitative estimate of drug-likeness (QED) is 0.874. The van der Waals surface area contributed by atoms with Crippen LogP contribution in [-0.2, 0) is 6.42 Å². The smallest absolute Gasteiger partial charge is 0.136 e. The molecular weight excluding hydrogens is 212 g/mol. The molecule has 0 saturated heterocycles. The van der Waals surface area contributed by atoms with Crippen LogP contribution in [0.15, 0.2) is 24.4 Å². The van der Waals surface area contributed by atoms with Crippen LogP contribution in [0.25, 0.3) is 0 Å². The number of anilines is 1. The first kappa shape index (κ1) is 11.5. The highest BCUT2D eigenvalue weighted by molar-refractivity contribution is 5.45. The van der Waals surface area contributed by atoms with E-state index in [1.54, 1.807) is 6.20 Å². The first-order valence-corrected chi connectivity index (χ1v) is 5.62. The van der Waals surface area contributed by atoms with Crippen LogP contribution in [-0.4, -0.2) is 22.0 Å². The van der Waals surface area contributed by atoms with Gasteiger partial charge in [0.1, 0.15) is 11.6 Å². The van der Waals surface area contributed by atoms with Crippen LogP contribution >= 0.6 is 0 Å². The largest absolute Gasteiger partial charge is 0.373 e. The zero-order valence-electron chi connectivity index (χ0n) is 10.4. The van der Waals surface area contributed by atoms with Crippen LogP contribution in [0.5, 0.6) is 0 Å². The average Bonchev–Trinajstić information content (AvgIpc) is 2.35. The van der Waals surface area contributed by atoms with Crippen molar-refractivity contribution in [1.29, 1.82) is 0 Å². The molecule has 0 aliphatic rings. The fraction of sp³-hybridized carbons (Fsp3) is 0.308. The fourth-order valence-electron chi connectivity index (χ4n) is 1.67. The molecule has 0 saturated carbocycles. The lowest BCUT2D eigenvalue weighted by Gasteiger charge is -2.09. The van der Waals surface area contributed by atoms with Gasteiger partial charge in [0.25, 0.3) is 0 Å². The van der Waals surface area contributed by atoms with Crippen LogP contribution < -0.4 is 5.32 Å². The molecule has 0 bridgehead atoms.